The molecule has 28 heavy (non-hydrogen) atoms. The summed E-state index contributed by atoms with van der Waals surface area (Å²) < 4.78 is 26.6. The van der Waals surface area contributed by atoms with E-state index < -0.39 is 36.5 Å². The normalized spacial score (nSPS) is 29.5. The molecule has 0 bridgehead atoms. The van der Waals surface area contributed by atoms with Crippen molar-refractivity contribution in [3.8, 4) is 12.3 Å². The van der Waals surface area contributed by atoms with E-state index in [1.165, 1.54) is 6.33 Å². The highest BCUT2D eigenvalue weighted by molar-refractivity contribution is 5.81. The molecule has 1 aliphatic rings. The number of aliphatic hydroxyl groups is 2. The fourth-order valence-corrected chi connectivity index (χ4v) is 2.93. The summed E-state index contributed by atoms with van der Waals surface area (Å²) in [6.07, 6.45) is 3.67. The van der Waals surface area contributed by atoms with Crippen LogP contribution in [-0.4, -0.2) is 66.5 Å². The number of alkyl carbamates (subject to hydrolysis) is 1. The number of carbonyl (C=O) groups is 1. The Morgan fingerprint density at radius 3 is 2.96 bits per heavy atom. The van der Waals surface area contributed by atoms with E-state index >= 15 is 4.39 Å². The van der Waals surface area contributed by atoms with E-state index in [0.717, 1.165) is 10.9 Å². The van der Waals surface area contributed by atoms with Gasteiger partial charge in [-0.3, -0.25) is 4.57 Å². The Labute approximate surface area is 158 Å². The van der Waals surface area contributed by atoms with Gasteiger partial charge in [-0.1, -0.05) is 12.8 Å². The third-order valence-corrected chi connectivity index (χ3v) is 4.31. The number of nitrogens with zero attached hydrogens (tertiary/aromatic N) is 4. The molecular formula is C16H19FN6O5. The average molecular weight is 394 g/mol. The maximum absolute atomic E-state index is 15.3. The fraction of sp³-hybridized carbons (Fsp3) is 0.500. The number of ether oxygens (including phenoxy) is 2. The predicted molar refractivity (Wildman–Crippen MR) is 93.1 cm³/mol. The Morgan fingerprint density at radius 1 is 1.57 bits per heavy atom. The first-order valence-electron chi connectivity index (χ1n) is 8.36. The van der Waals surface area contributed by atoms with Gasteiger partial charge in [0.2, 0.25) is 11.7 Å². The van der Waals surface area contributed by atoms with Crippen molar-refractivity contribution < 1.29 is 28.9 Å². The van der Waals surface area contributed by atoms with Gasteiger partial charge in [0.05, 0.1) is 6.33 Å². The van der Waals surface area contributed by atoms with Gasteiger partial charge in [0, 0.05) is 6.54 Å². The molecular weight excluding hydrogens is 375 g/mol. The van der Waals surface area contributed by atoms with Crippen LogP contribution in [0.5, 0.6) is 0 Å². The van der Waals surface area contributed by atoms with Gasteiger partial charge < -0.3 is 30.7 Å². The topological polar surface area (TPSA) is 158 Å². The van der Waals surface area contributed by atoms with Crippen molar-refractivity contribution in [1.82, 2.24) is 24.8 Å². The number of terminal acetylenes is 1. The number of nitrogens with one attached hydrogen (secondary N) is 1. The lowest BCUT2D eigenvalue weighted by Gasteiger charge is -2.29. The zero-order valence-corrected chi connectivity index (χ0v) is 14.9. The average Bonchev–Trinajstić information content (AvgIpc) is 3.21. The molecule has 0 aromatic carbocycles. The third kappa shape index (κ3) is 2.99. The first kappa shape index (κ1) is 19.7. The number of aliphatic hydroxyl groups excluding tert-OH is 1. The standard InChI is InChI=1S/C16H19FN6O5/c1-3-5-19-14(25)27-12-15(26,4-2)13(28-16(12,17)6-24)23-8-22-9-10(18)20-7-21-11(9)23/h2,7-8,12-13,24,26H,3,5-6H2,1H3,(H,19,25)(H2,18,20,21)/t12-,13+,15+,16+/m0/s1. The second-order valence-electron chi connectivity index (χ2n) is 6.18. The van der Waals surface area contributed by atoms with E-state index in [1.807, 2.05) is 5.92 Å². The molecule has 1 amide bonds. The molecule has 0 radical (unpaired) electrons. The van der Waals surface area contributed by atoms with Crippen LogP contribution < -0.4 is 11.1 Å². The van der Waals surface area contributed by atoms with Gasteiger partial charge in [0.25, 0.3) is 5.85 Å². The first-order valence-corrected chi connectivity index (χ1v) is 8.36. The summed E-state index contributed by atoms with van der Waals surface area (Å²) in [5.41, 5.74) is 3.50. The number of hydrogen-bond donors (Lipinski definition) is 4. The van der Waals surface area contributed by atoms with Crippen LogP contribution in [0.2, 0.25) is 0 Å². The molecule has 12 heteroatoms. The van der Waals surface area contributed by atoms with Crippen LogP contribution >= 0.6 is 0 Å². The zero-order chi connectivity index (χ0) is 20.5. The molecule has 3 rings (SSSR count). The monoisotopic (exact) mass is 394 g/mol. The number of halogens is 1. The van der Waals surface area contributed by atoms with Gasteiger partial charge in [-0.05, 0) is 6.42 Å². The van der Waals surface area contributed by atoms with Crippen LogP contribution in [-0.2, 0) is 9.47 Å². The number of nitrogen functional groups attached to an aromatic ring is 1. The predicted octanol–water partition coefficient (Wildman–Crippen LogP) is -0.536. The number of fused-ring (bicyclic) bond motifs is 1. The number of amides is 1. The summed E-state index contributed by atoms with van der Waals surface area (Å²) in [5.74, 6) is -0.924. The number of anilines is 1. The van der Waals surface area contributed by atoms with E-state index in [9.17, 15) is 15.0 Å². The van der Waals surface area contributed by atoms with Crippen molar-refractivity contribution in [2.75, 3.05) is 18.9 Å². The van der Waals surface area contributed by atoms with Gasteiger partial charge in [-0.15, -0.1) is 6.42 Å². The number of nitrogens with two attached hydrogens (primary N) is 1. The SMILES string of the molecule is C#C[C@]1(O)[C@H](n2cnc3c(N)ncnc32)O[C@](F)(CO)[C@H]1OC(=O)NCCC. The molecule has 3 heterocycles. The van der Waals surface area contributed by atoms with Crippen molar-refractivity contribution in [3.05, 3.63) is 12.7 Å². The summed E-state index contributed by atoms with van der Waals surface area (Å²) in [4.78, 5) is 23.7. The maximum Gasteiger partial charge on any atom is 0.407 e. The van der Waals surface area contributed by atoms with Crippen LogP contribution in [0, 0.1) is 12.3 Å². The van der Waals surface area contributed by atoms with E-state index in [2.05, 4.69) is 20.3 Å². The Bertz CT molecular complexity index is 932. The van der Waals surface area contributed by atoms with Crippen LogP contribution in [0.4, 0.5) is 15.0 Å². The molecule has 0 spiro atoms. The highest BCUT2D eigenvalue weighted by Gasteiger charge is 2.67. The molecule has 1 fully saturated rings. The van der Waals surface area contributed by atoms with E-state index in [4.69, 9.17) is 21.6 Å². The zero-order valence-electron chi connectivity index (χ0n) is 14.9. The van der Waals surface area contributed by atoms with Crippen LogP contribution in [0.25, 0.3) is 11.2 Å². The minimum absolute atomic E-state index is 0.0476. The number of imidazole rings is 1. The molecule has 2 aromatic rings. The molecule has 2 aromatic heterocycles. The number of aromatic nitrogens is 4. The fourth-order valence-electron chi connectivity index (χ4n) is 2.93. The van der Waals surface area contributed by atoms with Crippen molar-refractivity contribution in [3.63, 3.8) is 0 Å². The Morgan fingerprint density at radius 2 is 2.32 bits per heavy atom. The lowest BCUT2D eigenvalue weighted by atomic mass is 9.93. The van der Waals surface area contributed by atoms with Crippen molar-refractivity contribution in [2.24, 2.45) is 0 Å². The van der Waals surface area contributed by atoms with Crippen LogP contribution in [0.15, 0.2) is 12.7 Å². The van der Waals surface area contributed by atoms with E-state index in [-0.39, 0.29) is 23.5 Å². The molecule has 1 saturated heterocycles. The van der Waals surface area contributed by atoms with Gasteiger partial charge in [-0.25, -0.2) is 24.1 Å². The summed E-state index contributed by atoms with van der Waals surface area (Å²) in [5, 5.41) is 22.9. The second-order valence-corrected chi connectivity index (χ2v) is 6.18. The minimum atomic E-state index is -2.98. The van der Waals surface area contributed by atoms with Crippen molar-refractivity contribution in [1.29, 1.82) is 0 Å². The Balaban J connectivity index is 2.04. The van der Waals surface area contributed by atoms with Crippen LogP contribution in [0.1, 0.15) is 19.6 Å². The van der Waals surface area contributed by atoms with E-state index in [0.29, 0.717) is 6.42 Å². The number of carbonyl (C=O) groups excluding carboxylic acids is 1. The quantitative estimate of drug-likeness (QED) is 0.489. The lowest BCUT2D eigenvalue weighted by Crippen LogP contribution is -2.53. The second kappa shape index (κ2) is 7.19. The number of rotatable bonds is 5. The summed E-state index contributed by atoms with van der Waals surface area (Å²) in [6.45, 7) is 0.825. The Hall–Kier alpha value is -3.01. The molecule has 0 saturated carbocycles. The molecule has 0 unspecified atom stereocenters. The van der Waals surface area contributed by atoms with Gasteiger partial charge in [0.15, 0.2) is 17.7 Å². The van der Waals surface area contributed by atoms with Gasteiger partial charge in [0.1, 0.15) is 18.5 Å². The minimum Gasteiger partial charge on any atom is -0.436 e. The van der Waals surface area contributed by atoms with E-state index in [1.54, 1.807) is 6.92 Å². The third-order valence-electron chi connectivity index (χ3n) is 4.31. The summed E-state index contributed by atoms with van der Waals surface area (Å²) >= 11 is 0. The highest BCUT2D eigenvalue weighted by Crippen LogP contribution is 2.47. The molecule has 1 aliphatic heterocycles. The number of hydrogen-bond acceptors (Lipinski definition) is 9. The maximum atomic E-state index is 15.3. The molecule has 150 valence electrons. The van der Waals surface area contributed by atoms with Crippen molar-refractivity contribution in [2.45, 2.75) is 37.1 Å². The molecule has 5 N–H and O–H groups in total. The summed E-state index contributed by atoms with van der Waals surface area (Å²) in [6, 6.07) is 0. The number of alkyl halides is 1. The molecule has 4 atom stereocenters. The summed E-state index contributed by atoms with van der Waals surface area (Å²) in [7, 11) is 0. The van der Waals surface area contributed by atoms with Gasteiger partial charge >= 0.3 is 6.09 Å². The largest absolute Gasteiger partial charge is 0.436 e. The Kier molecular flexibility index (Phi) is 5.07. The van der Waals surface area contributed by atoms with Crippen LogP contribution in [0.3, 0.4) is 0 Å². The molecule has 11 nitrogen and oxygen atoms in total. The lowest BCUT2D eigenvalue weighted by molar-refractivity contribution is -0.206. The first-order chi connectivity index (χ1) is 13.3. The molecule has 0 aliphatic carbocycles. The highest BCUT2D eigenvalue weighted by atomic mass is 19.2. The van der Waals surface area contributed by atoms with Crippen molar-refractivity contribution >= 4 is 23.1 Å². The van der Waals surface area contributed by atoms with Gasteiger partial charge in [-0.2, -0.15) is 0 Å². The smallest absolute Gasteiger partial charge is 0.407 e.